The third-order valence-electron chi connectivity index (χ3n) is 9.53. The summed E-state index contributed by atoms with van der Waals surface area (Å²) in [7, 11) is 0. The predicted octanol–water partition coefficient (Wildman–Crippen LogP) is 5.38. The second-order valence-corrected chi connectivity index (χ2v) is 11.1. The maximum absolute atomic E-state index is 12.2. The summed E-state index contributed by atoms with van der Waals surface area (Å²) in [5.74, 6) is 0.110. The third kappa shape index (κ3) is 3.60. The van der Waals surface area contributed by atoms with Gasteiger partial charge >= 0.3 is 5.97 Å². The fourth-order valence-corrected chi connectivity index (χ4v) is 7.73. The zero-order valence-corrected chi connectivity index (χ0v) is 20.1. The Hall–Kier alpha value is -2.53. The van der Waals surface area contributed by atoms with Crippen LogP contribution in [0.1, 0.15) is 93.5 Å². The summed E-state index contributed by atoms with van der Waals surface area (Å²) in [6.07, 6.45) is 7.60. The quantitative estimate of drug-likeness (QED) is 0.573. The maximum atomic E-state index is 12.2. The van der Waals surface area contributed by atoms with Gasteiger partial charge in [0.05, 0.1) is 5.60 Å². The van der Waals surface area contributed by atoms with Crippen molar-refractivity contribution >= 4 is 17.5 Å². The highest BCUT2D eigenvalue weighted by Gasteiger charge is 2.62. The first-order valence-corrected chi connectivity index (χ1v) is 12.6. The summed E-state index contributed by atoms with van der Waals surface area (Å²) < 4.78 is 0. The smallest absolute Gasteiger partial charge is 0.303 e. The predicted molar refractivity (Wildman–Crippen MR) is 129 cm³/mol. The van der Waals surface area contributed by atoms with E-state index in [1.807, 2.05) is 30.3 Å². The number of hydrogen-bond acceptors (Lipinski definition) is 4. The standard InChI is InChI=1S/C29H34O5/c1-17(30)18-3-5-19(6-4-18)24-16-28(2)25(11-13-29(28,34)14-12-26(32)33)23-9-7-20-15-21(31)8-10-22(20)27(23)24/h3-6,15,23-25,34H,7-14,16H2,1-2H3,(H,32,33)/t23?,24-,25?,28+,29-/m1/s1. The van der Waals surface area contributed by atoms with Crippen LogP contribution in [0.2, 0.25) is 0 Å². The van der Waals surface area contributed by atoms with Crippen LogP contribution in [-0.2, 0) is 9.59 Å². The average Bonchev–Trinajstić information content (AvgIpc) is 3.07. The van der Waals surface area contributed by atoms with Crippen molar-refractivity contribution in [2.24, 2.45) is 17.3 Å². The lowest BCUT2D eigenvalue weighted by Crippen LogP contribution is -2.51. The van der Waals surface area contributed by atoms with Gasteiger partial charge in [0.25, 0.3) is 0 Å². The van der Waals surface area contributed by atoms with Gasteiger partial charge < -0.3 is 10.2 Å². The molecule has 0 saturated heterocycles. The summed E-state index contributed by atoms with van der Waals surface area (Å²) in [4.78, 5) is 35.4. The lowest BCUT2D eigenvalue weighted by Gasteiger charge is -2.55. The molecule has 2 unspecified atom stereocenters. The number of carboxylic acids is 1. The van der Waals surface area contributed by atoms with Gasteiger partial charge in [0.15, 0.2) is 11.6 Å². The molecule has 4 aliphatic rings. The van der Waals surface area contributed by atoms with Crippen LogP contribution < -0.4 is 0 Å². The van der Waals surface area contributed by atoms with Crippen LogP contribution in [0.15, 0.2) is 47.1 Å². The molecule has 0 amide bonds. The lowest BCUT2D eigenvalue weighted by atomic mass is 9.51. The number of aliphatic hydroxyl groups is 1. The van der Waals surface area contributed by atoms with Crippen molar-refractivity contribution < 1.29 is 24.6 Å². The number of fused-ring (bicyclic) bond motifs is 4. The van der Waals surface area contributed by atoms with Gasteiger partial charge in [-0.2, -0.15) is 0 Å². The molecule has 0 bridgehead atoms. The van der Waals surface area contributed by atoms with Gasteiger partial charge in [-0.25, -0.2) is 0 Å². The highest BCUT2D eigenvalue weighted by atomic mass is 16.4. The first kappa shape index (κ1) is 23.2. The van der Waals surface area contributed by atoms with E-state index in [1.54, 1.807) is 6.92 Å². The van der Waals surface area contributed by atoms with Gasteiger partial charge in [-0.3, -0.25) is 14.4 Å². The monoisotopic (exact) mass is 462 g/mol. The number of benzene rings is 1. The van der Waals surface area contributed by atoms with E-state index in [0.29, 0.717) is 30.2 Å². The average molecular weight is 463 g/mol. The number of hydrogen-bond donors (Lipinski definition) is 2. The topological polar surface area (TPSA) is 91.7 Å². The molecule has 5 nitrogen and oxygen atoms in total. The van der Waals surface area contributed by atoms with Gasteiger partial charge in [0.1, 0.15) is 0 Å². The number of rotatable bonds is 5. The Morgan fingerprint density at radius 1 is 1.09 bits per heavy atom. The van der Waals surface area contributed by atoms with Gasteiger partial charge in [0.2, 0.25) is 0 Å². The van der Waals surface area contributed by atoms with Crippen molar-refractivity contribution in [2.45, 2.75) is 83.2 Å². The van der Waals surface area contributed by atoms with Crippen LogP contribution >= 0.6 is 0 Å². The van der Waals surface area contributed by atoms with E-state index in [0.717, 1.165) is 37.7 Å². The summed E-state index contributed by atoms with van der Waals surface area (Å²) in [5, 5.41) is 21.2. The minimum atomic E-state index is -0.998. The Morgan fingerprint density at radius 2 is 1.82 bits per heavy atom. The molecule has 0 heterocycles. The van der Waals surface area contributed by atoms with E-state index < -0.39 is 11.6 Å². The minimum absolute atomic E-state index is 0.0234. The molecule has 0 aromatic heterocycles. The summed E-state index contributed by atoms with van der Waals surface area (Å²) in [6.45, 7) is 3.75. The highest BCUT2D eigenvalue weighted by molar-refractivity contribution is 5.94. The number of allylic oxidation sites excluding steroid dienone is 4. The zero-order valence-electron chi connectivity index (χ0n) is 20.1. The van der Waals surface area contributed by atoms with Crippen molar-refractivity contribution in [1.82, 2.24) is 0 Å². The molecule has 5 atom stereocenters. The number of aliphatic carboxylic acids is 1. The SMILES string of the molecule is CC(=O)c1ccc([C@H]2C[C@@]3(C)C(CC[C@@]3(O)CCC(=O)O)C3CCC4=CC(=O)CCC4=C32)cc1. The van der Waals surface area contributed by atoms with Crippen molar-refractivity contribution in [1.29, 1.82) is 0 Å². The molecule has 5 heteroatoms. The number of carboxylic acid groups (broad SMARTS) is 1. The second-order valence-electron chi connectivity index (χ2n) is 11.1. The van der Waals surface area contributed by atoms with Crippen molar-refractivity contribution in [3.8, 4) is 0 Å². The van der Waals surface area contributed by atoms with E-state index in [1.165, 1.54) is 16.7 Å². The number of Topliss-reactive ketones (excluding diaryl/α,β-unsaturated/α-hetero) is 1. The summed E-state index contributed by atoms with van der Waals surface area (Å²) in [5.41, 5.74) is 4.42. The van der Waals surface area contributed by atoms with Crippen LogP contribution in [0.5, 0.6) is 0 Å². The first-order chi connectivity index (χ1) is 16.1. The van der Waals surface area contributed by atoms with E-state index in [-0.39, 0.29) is 35.7 Å². The number of carbonyl (C=O) groups excluding carboxylic acids is 2. The van der Waals surface area contributed by atoms with Crippen LogP contribution in [0.3, 0.4) is 0 Å². The number of ketones is 2. The van der Waals surface area contributed by atoms with Crippen LogP contribution in [0.25, 0.3) is 0 Å². The Morgan fingerprint density at radius 3 is 2.50 bits per heavy atom. The summed E-state index contributed by atoms with van der Waals surface area (Å²) in [6, 6.07) is 7.88. The van der Waals surface area contributed by atoms with Crippen LogP contribution in [0, 0.1) is 17.3 Å². The fourth-order valence-electron chi connectivity index (χ4n) is 7.73. The molecule has 0 spiro atoms. The molecular formula is C29H34O5. The molecule has 4 aliphatic carbocycles. The Kier molecular flexibility index (Phi) is 5.67. The molecule has 2 fully saturated rings. The molecule has 2 N–H and O–H groups in total. The van der Waals surface area contributed by atoms with E-state index in [2.05, 4.69) is 6.92 Å². The molecule has 0 radical (unpaired) electrons. The van der Waals surface area contributed by atoms with Crippen molar-refractivity contribution in [3.05, 3.63) is 58.2 Å². The van der Waals surface area contributed by atoms with Gasteiger partial charge in [0, 0.05) is 29.7 Å². The van der Waals surface area contributed by atoms with Crippen LogP contribution in [-0.4, -0.2) is 33.3 Å². The Bertz CT molecular complexity index is 1110. The molecule has 1 aromatic rings. The van der Waals surface area contributed by atoms with Gasteiger partial charge in [-0.15, -0.1) is 0 Å². The number of carbonyl (C=O) groups is 3. The fraction of sp³-hybridized carbons (Fsp3) is 0.552. The molecule has 2 saturated carbocycles. The minimum Gasteiger partial charge on any atom is -0.481 e. The first-order valence-electron chi connectivity index (χ1n) is 12.6. The second kappa shape index (κ2) is 8.30. The van der Waals surface area contributed by atoms with Crippen LogP contribution in [0.4, 0.5) is 0 Å². The Labute approximate surface area is 200 Å². The highest BCUT2D eigenvalue weighted by Crippen LogP contribution is 2.67. The van der Waals surface area contributed by atoms with E-state index in [9.17, 15) is 24.6 Å². The van der Waals surface area contributed by atoms with Gasteiger partial charge in [-0.05, 0) is 86.5 Å². The molecule has 180 valence electrons. The summed E-state index contributed by atoms with van der Waals surface area (Å²) >= 11 is 0. The van der Waals surface area contributed by atoms with Crippen molar-refractivity contribution in [2.75, 3.05) is 0 Å². The molecule has 34 heavy (non-hydrogen) atoms. The normalized spacial score (nSPS) is 34.7. The molecule has 1 aromatic carbocycles. The molecular weight excluding hydrogens is 428 g/mol. The van der Waals surface area contributed by atoms with E-state index in [4.69, 9.17) is 0 Å². The third-order valence-corrected chi connectivity index (χ3v) is 9.53. The molecule has 0 aliphatic heterocycles. The zero-order chi connectivity index (χ0) is 24.3. The lowest BCUT2D eigenvalue weighted by molar-refractivity contribution is -0.142. The maximum Gasteiger partial charge on any atom is 0.303 e. The molecule has 5 rings (SSSR count). The van der Waals surface area contributed by atoms with Crippen molar-refractivity contribution in [3.63, 3.8) is 0 Å². The van der Waals surface area contributed by atoms with E-state index >= 15 is 0 Å². The van der Waals surface area contributed by atoms with Gasteiger partial charge in [-0.1, -0.05) is 36.8 Å². The Balaban J connectivity index is 1.62. The largest absolute Gasteiger partial charge is 0.481 e.